The van der Waals surface area contributed by atoms with E-state index in [0.717, 1.165) is 5.69 Å². The molecule has 0 spiro atoms. The van der Waals surface area contributed by atoms with Gasteiger partial charge in [-0.1, -0.05) is 18.2 Å². The standard InChI is InChI=1S/C22H18FN3O2/c1-2-28-22(27)17(13-24)11-16-12-21(19-8-3-4-9-20(19)23)26(14-16)15-18-7-5-6-10-25-18/h3-12,14H,2,15H2,1H3/b17-11+. The highest BCUT2D eigenvalue weighted by Gasteiger charge is 2.15. The number of hydrogen-bond donors (Lipinski definition) is 0. The van der Waals surface area contributed by atoms with E-state index in [9.17, 15) is 14.4 Å². The lowest BCUT2D eigenvalue weighted by Crippen LogP contribution is -2.05. The van der Waals surface area contributed by atoms with Gasteiger partial charge in [0.15, 0.2) is 0 Å². The number of nitriles is 1. The average Bonchev–Trinajstić information content (AvgIpc) is 3.09. The Hall–Kier alpha value is -3.72. The van der Waals surface area contributed by atoms with Crippen molar-refractivity contribution in [1.82, 2.24) is 9.55 Å². The fourth-order valence-electron chi connectivity index (χ4n) is 2.82. The van der Waals surface area contributed by atoms with Gasteiger partial charge in [0.2, 0.25) is 0 Å². The van der Waals surface area contributed by atoms with Crippen molar-refractivity contribution in [3.63, 3.8) is 0 Å². The number of rotatable bonds is 6. The Balaban J connectivity index is 2.06. The molecule has 6 heteroatoms. The number of hydrogen-bond acceptors (Lipinski definition) is 4. The number of esters is 1. The fraction of sp³-hybridized carbons (Fsp3) is 0.136. The zero-order chi connectivity index (χ0) is 19.9. The topological polar surface area (TPSA) is 67.9 Å². The second-order valence-corrected chi connectivity index (χ2v) is 5.98. The van der Waals surface area contributed by atoms with E-state index in [1.807, 2.05) is 28.8 Å². The summed E-state index contributed by atoms with van der Waals surface area (Å²) in [5, 5.41) is 9.26. The summed E-state index contributed by atoms with van der Waals surface area (Å²) in [6, 6.07) is 15.6. The maximum atomic E-state index is 14.4. The van der Waals surface area contributed by atoms with E-state index in [4.69, 9.17) is 4.74 Å². The Morgan fingerprint density at radius 3 is 2.75 bits per heavy atom. The number of aromatic nitrogens is 2. The minimum atomic E-state index is -0.685. The van der Waals surface area contributed by atoms with Gasteiger partial charge in [-0.2, -0.15) is 5.26 Å². The maximum absolute atomic E-state index is 14.4. The second kappa shape index (κ2) is 8.78. The summed E-state index contributed by atoms with van der Waals surface area (Å²) in [5.74, 6) is -1.04. The van der Waals surface area contributed by atoms with Gasteiger partial charge in [-0.15, -0.1) is 0 Å². The normalized spacial score (nSPS) is 11.1. The van der Waals surface area contributed by atoms with Crippen LogP contribution in [0.4, 0.5) is 4.39 Å². The number of nitrogens with zero attached hydrogens (tertiary/aromatic N) is 3. The number of carbonyl (C=O) groups excluding carboxylic acids is 1. The first-order valence-corrected chi connectivity index (χ1v) is 8.76. The van der Waals surface area contributed by atoms with Gasteiger partial charge in [0.1, 0.15) is 17.5 Å². The van der Waals surface area contributed by atoms with Gasteiger partial charge in [-0.3, -0.25) is 4.98 Å². The molecule has 0 unspecified atom stereocenters. The molecule has 0 aliphatic carbocycles. The van der Waals surface area contributed by atoms with Crippen LogP contribution in [0, 0.1) is 17.1 Å². The van der Waals surface area contributed by atoms with Gasteiger partial charge in [0, 0.05) is 18.0 Å². The van der Waals surface area contributed by atoms with Gasteiger partial charge in [-0.25, -0.2) is 9.18 Å². The fourth-order valence-corrected chi connectivity index (χ4v) is 2.82. The molecule has 3 rings (SSSR count). The molecule has 2 aromatic heterocycles. The van der Waals surface area contributed by atoms with E-state index in [2.05, 4.69) is 4.98 Å². The number of pyridine rings is 1. The third kappa shape index (κ3) is 4.33. The van der Waals surface area contributed by atoms with Crippen molar-refractivity contribution in [3.8, 4) is 17.3 Å². The highest BCUT2D eigenvalue weighted by Crippen LogP contribution is 2.27. The number of benzene rings is 1. The SMILES string of the molecule is CCOC(=O)/C(C#N)=C/c1cc(-c2ccccc2F)n(Cc2ccccn2)c1. The quantitative estimate of drug-likeness (QED) is 0.368. The van der Waals surface area contributed by atoms with Crippen LogP contribution in [-0.4, -0.2) is 22.1 Å². The molecular formula is C22H18FN3O2. The highest BCUT2D eigenvalue weighted by atomic mass is 19.1. The molecular weight excluding hydrogens is 357 g/mol. The van der Waals surface area contributed by atoms with Crippen LogP contribution in [0.25, 0.3) is 17.3 Å². The molecule has 28 heavy (non-hydrogen) atoms. The van der Waals surface area contributed by atoms with Crippen LogP contribution in [0.1, 0.15) is 18.2 Å². The third-order valence-corrected chi connectivity index (χ3v) is 4.05. The molecule has 0 bridgehead atoms. The summed E-state index contributed by atoms with van der Waals surface area (Å²) in [6.45, 7) is 2.27. The lowest BCUT2D eigenvalue weighted by atomic mass is 10.1. The van der Waals surface area contributed by atoms with E-state index >= 15 is 0 Å². The average molecular weight is 375 g/mol. The molecule has 0 radical (unpaired) electrons. The summed E-state index contributed by atoms with van der Waals surface area (Å²) in [6.07, 6.45) is 4.89. The van der Waals surface area contributed by atoms with E-state index in [-0.39, 0.29) is 18.0 Å². The Bertz CT molecular complexity index is 1050. The van der Waals surface area contributed by atoms with Crippen molar-refractivity contribution >= 4 is 12.0 Å². The largest absolute Gasteiger partial charge is 0.462 e. The van der Waals surface area contributed by atoms with Crippen LogP contribution >= 0.6 is 0 Å². The third-order valence-electron chi connectivity index (χ3n) is 4.05. The zero-order valence-corrected chi connectivity index (χ0v) is 15.3. The van der Waals surface area contributed by atoms with Crippen LogP contribution in [0.3, 0.4) is 0 Å². The van der Waals surface area contributed by atoms with Crippen molar-refractivity contribution in [2.24, 2.45) is 0 Å². The molecule has 0 saturated heterocycles. The minimum Gasteiger partial charge on any atom is -0.462 e. The molecule has 0 aliphatic heterocycles. The molecule has 0 atom stereocenters. The number of ether oxygens (including phenoxy) is 1. The second-order valence-electron chi connectivity index (χ2n) is 5.98. The smallest absolute Gasteiger partial charge is 0.348 e. The van der Waals surface area contributed by atoms with Crippen LogP contribution in [0.5, 0.6) is 0 Å². The summed E-state index contributed by atoms with van der Waals surface area (Å²) < 4.78 is 21.1. The first-order valence-electron chi connectivity index (χ1n) is 8.76. The summed E-state index contributed by atoms with van der Waals surface area (Å²) in [4.78, 5) is 16.2. The van der Waals surface area contributed by atoms with Gasteiger partial charge in [0.05, 0.1) is 24.5 Å². The Labute approximate surface area is 162 Å². The molecule has 0 aliphatic rings. The first kappa shape index (κ1) is 19.1. The molecule has 0 saturated carbocycles. The van der Waals surface area contributed by atoms with Crippen LogP contribution in [0.15, 0.2) is 66.5 Å². The minimum absolute atomic E-state index is 0.114. The molecule has 3 aromatic rings. The van der Waals surface area contributed by atoms with Gasteiger partial charge < -0.3 is 9.30 Å². The predicted octanol–water partition coefficient (Wildman–Crippen LogP) is 4.21. The lowest BCUT2D eigenvalue weighted by Gasteiger charge is -2.09. The van der Waals surface area contributed by atoms with Crippen molar-refractivity contribution in [3.05, 3.63) is 83.6 Å². The molecule has 0 fully saturated rings. The van der Waals surface area contributed by atoms with Gasteiger partial charge in [0.25, 0.3) is 0 Å². The molecule has 140 valence electrons. The van der Waals surface area contributed by atoms with E-state index in [0.29, 0.717) is 23.4 Å². The zero-order valence-electron chi connectivity index (χ0n) is 15.3. The first-order chi connectivity index (χ1) is 13.6. The predicted molar refractivity (Wildman–Crippen MR) is 103 cm³/mol. The summed E-state index contributed by atoms with van der Waals surface area (Å²) in [5.41, 5.74) is 2.33. The summed E-state index contributed by atoms with van der Waals surface area (Å²) in [7, 11) is 0. The van der Waals surface area contributed by atoms with Crippen molar-refractivity contribution in [2.75, 3.05) is 6.61 Å². The van der Waals surface area contributed by atoms with Gasteiger partial charge >= 0.3 is 5.97 Å². The van der Waals surface area contributed by atoms with E-state index in [1.54, 1.807) is 43.6 Å². The maximum Gasteiger partial charge on any atom is 0.348 e. The monoisotopic (exact) mass is 375 g/mol. The van der Waals surface area contributed by atoms with E-state index < -0.39 is 5.97 Å². The Morgan fingerprint density at radius 1 is 1.29 bits per heavy atom. The molecule has 2 heterocycles. The molecule has 1 aromatic carbocycles. The van der Waals surface area contributed by atoms with Crippen molar-refractivity contribution in [1.29, 1.82) is 5.26 Å². The Kier molecular flexibility index (Phi) is 5.97. The van der Waals surface area contributed by atoms with Crippen molar-refractivity contribution in [2.45, 2.75) is 13.5 Å². The number of carbonyl (C=O) groups is 1. The van der Waals surface area contributed by atoms with Crippen LogP contribution in [-0.2, 0) is 16.1 Å². The summed E-state index contributed by atoms with van der Waals surface area (Å²) >= 11 is 0. The van der Waals surface area contributed by atoms with Crippen molar-refractivity contribution < 1.29 is 13.9 Å². The highest BCUT2D eigenvalue weighted by molar-refractivity contribution is 5.98. The molecule has 5 nitrogen and oxygen atoms in total. The van der Waals surface area contributed by atoms with Crippen LogP contribution < -0.4 is 0 Å². The van der Waals surface area contributed by atoms with E-state index in [1.165, 1.54) is 12.1 Å². The molecule has 0 N–H and O–H groups in total. The number of halogens is 1. The lowest BCUT2D eigenvalue weighted by molar-refractivity contribution is -0.137. The van der Waals surface area contributed by atoms with Gasteiger partial charge in [-0.05, 0) is 48.9 Å². The van der Waals surface area contributed by atoms with Crippen LogP contribution in [0.2, 0.25) is 0 Å². The molecule has 0 amide bonds. The Morgan fingerprint density at radius 2 is 2.07 bits per heavy atom.